The Kier molecular flexibility index (Phi) is 8.01. The van der Waals surface area contributed by atoms with E-state index in [4.69, 9.17) is 16.6 Å². The number of aromatic nitrogens is 1. The number of nitro benzene ring substituents is 1. The normalized spacial score (nSPS) is 12.0. The lowest BCUT2D eigenvalue weighted by molar-refractivity contribution is -0.384. The van der Waals surface area contributed by atoms with Gasteiger partial charge in [0.25, 0.3) is 5.69 Å². The van der Waals surface area contributed by atoms with Crippen LogP contribution in [0.4, 0.5) is 11.4 Å². The summed E-state index contributed by atoms with van der Waals surface area (Å²) in [7, 11) is 0. The Hall–Kier alpha value is -2.48. The molecule has 1 aromatic heterocycles. The molecule has 164 valence electrons. The van der Waals surface area contributed by atoms with Crippen molar-refractivity contribution in [2.75, 3.05) is 19.6 Å². The molecular formula is C23H27ClN4O2S. The molecule has 31 heavy (non-hydrogen) atoms. The first-order chi connectivity index (χ1) is 14.9. The summed E-state index contributed by atoms with van der Waals surface area (Å²) in [6.45, 7) is 10.2. The van der Waals surface area contributed by atoms with Crippen molar-refractivity contribution < 1.29 is 4.92 Å². The number of thiazole rings is 1. The van der Waals surface area contributed by atoms with Gasteiger partial charge in [0.1, 0.15) is 0 Å². The van der Waals surface area contributed by atoms with Crippen molar-refractivity contribution in [3.63, 3.8) is 0 Å². The number of benzene rings is 2. The smallest absolute Gasteiger partial charge is 0.269 e. The van der Waals surface area contributed by atoms with Crippen LogP contribution in [0, 0.1) is 17.0 Å². The maximum Gasteiger partial charge on any atom is 0.269 e. The number of halogens is 1. The summed E-state index contributed by atoms with van der Waals surface area (Å²) in [6, 6.07) is 12.5. The first-order valence-corrected chi connectivity index (χ1v) is 11.6. The zero-order valence-corrected chi connectivity index (χ0v) is 19.6. The van der Waals surface area contributed by atoms with Crippen molar-refractivity contribution in [1.29, 1.82) is 0 Å². The number of hydrogen-bond donors (Lipinski definition) is 0. The molecule has 0 aliphatic carbocycles. The second-order valence-corrected chi connectivity index (χ2v) is 8.53. The molecule has 0 spiro atoms. The van der Waals surface area contributed by atoms with Gasteiger partial charge in [0.2, 0.25) is 0 Å². The van der Waals surface area contributed by atoms with E-state index in [1.807, 2.05) is 25.1 Å². The van der Waals surface area contributed by atoms with Crippen LogP contribution in [0.3, 0.4) is 0 Å². The van der Waals surface area contributed by atoms with Crippen LogP contribution in [0.25, 0.3) is 11.3 Å². The van der Waals surface area contributed by atoms with Crippen molar-refractivity contribution in [3.8, 4) is 11.3 Å². The predicted octanol–water partition coefficient (Wildman–Crippen LogP) is 6.05. The van der Waals surface area contributed by atoms with E-state index < -0.39 is 0 Å². The Labute approximate surface area is 191 Å². The van der Waals surface area contributed by atoms with E-state index in [0.29, 0.717) is 5.02 Å². The van der Waals surface area contributed by atoms with Crippen molar-refractivity contribution >= 4 is 34.3 Å². The molecule has 0 amide bonds. The van der Waals surface area contributed by atoms with Crippen LogP contribution in [0.2, 0.25) is 5.02 Å². The topological polar surface area (TPSA) is 63.7 Å². The number of rotatable bonds is 9. The van der Waals surface area contributed by atoms with E-state index in [9.17, 15) is 10.1 Å². The maximum absolute atomic E-state index is 11.0. The molecule has 0 atom stereocenters. The van der Waals surface area contributed by atoms with Gasteiger partial charge in [-0.1, -0.05) is 31.5 Å². The van der Waals surface area contributed by atoms with Gasteiger partial charge >= 0.3 is 0 Å². The molecule has 0 saturated carbocycles. The zero-order valence-electron chi connectivity index (χ0n) is 18.0. The lowest BCUT2D eigenvalue weighted by Crippen LogP contribution is -2.26. The summed E-state index contributed by atoms with van der Waals surface area (Å²) in [4.78, 5) is 18.8. The Balaban J connectivity index is 1.99. The first-order valence-electron chi connectivity index (χ1n) is 10.4. The van der Waals surface area contributed by atoms with Crippen LogP contribution in [0.15, 0.2) is 52.8 Å². The third-order valence-corrected chi connectivity index (χ3v) is 6.57. The average Bonchev–Trinajstić information content (AvgIpc) is 3.16. The molecule has 8 heteroatoms. The molecule has 0 aliphatic rings. The number of hydrogen-bond acceptors (Lipinski definition) is 5. The summed E-state index contributed by atoms with van der Waals surface area (Å²) in [5, 5.41) is 13.8. The van der Waals surface area contributed by atoms with Crippen molar-refractivity contribution in [3.05, 3.63) is 73.3 Å². The van der Waals surface area contributed by atoms with Gasteiger partial charge in [-0.2, -0.15) is 0 Å². The Morgan fingerprint density at radius 1 is 1.16 bits per heavy atom. The van der Waals surface area contributed by atoms with Gasteiger partial charge in [0.05, 0.1) is 16.3 Å². The SMILES string of the molecule is CCN(CC)CCCn1c(-c2ccc([N+](=O)[O-])cc2)csc1=Nc1ccc(C)c(Cl)c1. The Bertz CT molecular complexity index is 1100. The second-order valence-electron chi connectivity index (χ2n) is 7.28. The summed E-state index contributed by atoms with van der Waals surface area (Å²) < 4.78 is 2.20. The van der Waals surface area contributed by atoms with Crippen molar-refractivity contribution in [1.82, 2.24) is 9.47 Å². The van der Waals surface area contributed by atoms with Gasteiger partial charge in [0.15, 0.2) is 4.80 Å². The first kappa shape index (κ1) is 23.2. The number of nitro groups is 1. The largest absolute Gasteiger partial charge is 0.316 e. The van der Waals surface area contributed by atoms with Crippen molar-refractivity contribution in [2.45, 2.75) is 33.7 Å². The highest BCUT2D eigenvalue weighted by Crippen LogP contribution is 2.25. The summed E-state index contributed by atoms with van der Waals surface area (Å²) in [6.07, 6.45) is 0.986. The number of aryl methyl sites for hydroxylation is 1. The molecule has 0 unspecified atom stereocenters. The highest BCUT2D eigenvalue weighted by Gasteiger charge is 2.11. The van der Waals surface area contributed by atoms with E-state index >= 15 is 0 Å². The van der Waals surface area contributed by atoms with Gasteiger partial charge in [0, 0.05) is 29.1 Å². The molecule has 3 rings (SSSR count). The number of nitrogens with zero attached hydrogens (tertiary/aromatic N) is 4. The molecule has 0 saturated heterocycles. The lowest BCUT2D eigenvalue weighted by Gasteiger charge is -2.18. The predicted molar refractivity (Wildman–Crippen MR) is 128 cm³/mol. The Morgan fingerprint density at radius 3 is 2.48 bits per heavy atom. The van der Waals surface area contributed by atoms with Crippen LogP contribution in [-0.2, 0) is 6.54 Å². The fourth-order valence-electron chi connectivity index (χ4n) is 3.37. The highest BCUT2D eigenvalue weighted by molar-refractivity contribution is 7.07. The molecule has 3 aromatic rings. The van der Waals surface area contributed by atoms with Gasteiger partial charge < -0.3 is 9.47 Å². The van der Waals surface area contributed by atoms with Crippen LogP contribution in [0.1, 0.15) is 25.8 Å². The van der Waals surface area contributed by atoms with Gasteiger partial charge in [-0.15, -0.1) is 11.3 Å². The second kappa shape index (κ2) is 10.7. The minimum atomic E-state index is -0.378. The van der Waals surface area contributed by atoms with E-state index in [-0.39, 0.29) is 10.6 Å². The number of non-ortho nitro benzene ring substituents is 1. The standard InChI is InChI=1S/C23H27ClN4O2S/c1-4-26(5-2)13-6-14-27-22(18-8-11-20(12-9-18)28(29)30)16-31-23(27)25-19-10-7-17(3)21(24)15-19/h7-12,15-16H,4-6,13-14H2,1-3H3. The fraction of sp³-hybridized carbons (Fsp3) is 0.348. The third-order valence-electron chi connectivity index (χ3n) is 5.30. The van der Waals surface area contributed by atoms with Gasteiger partial charge in [-0.25, -0.2) is 4.99 Å². The molecule has 0 N–H and O–H groups in total. The molecule has 2 aromatic carbocycles. The van der Waals surface area contributed by atoms with Gasteiger partial charge in [-0.3, -0.25) is 10.1 Å². The molecular weight excluding hydrogens is 432 g/mol. The fourth-order valence-corrected chi connectivity index (χ4v) is 4.50. The van der Waals surface area contributed by atoms with E-state index in [1.54, 1.807) is 35.6 Å². The summed E-state index contributed by atoms with van der Waals surface area (Å²) in [5.41, 5.74) is 3.87. The maximum atomic E-state index is 11.0. The molecule has 0 bridgehead atoms. The zero-order chi connectivity index (χ0) is 22.4. The highest BCUT2D eigenvalue weighted by atomic mass is 35.5. The monoisotopic (exact) mass is 458 g/mol. The van der Waals surface area contributed by atoms with Crippen LogP contribution in [0.5, 0.6) is 0 Å². The summed E-state index contributed by atoms with van der Waals surface area (Å²) >= 11 is 7.85. The van der Waals surface area contributed by atoms with Crippen molar-refractivity contribution in [2.24, 2.45) is 4.99 Å². The lowest BCUT2D eigenvalue weighted by atomic mass is 10.1. The molecule has 1 heterocycles. The van der Waals surface area contributed by atoms with Crippen LogP contribution in [-0.4, -0.2) is 34.0 Å². The van der Waals surface area contributed by atoms with E-state index in [1.165, 1.54) is 0 Å². The van der Waals surface area contributed by atoms with Crippen LogP contribution >= 0.6 is 22.9 Å². The third kappa shape index (κ3) is 5.81. The average molecular weight is 459 g/mol. The Morgan fingerprint density at radius 2 is 1.87 bits per heavy atom. The minimum Gasteiger partial charge on any atom is -0.316 e. The minimum absolute atomic E-state index is 0.0891. The quantitative estimate of drug-likeness (QED) is 0.289. The molecule has 0 aliphatic heterocycles. The van der Waals surface area contributed by atoms with Gasteiger partial charge in [-0.05, 0) is 68.4 Å². The molecule has 0 fully saturated rings. The van der Waals surface area contributed by atoms with E-state index in [0.717, 1.165) is 59.9 Å². The summed E-state index contributed by atoms with van der Waals surface area (Å²) in [5.74, 6) is 0. The molecule has 0 radical (unpaired) electrons. The van der Waals surface area contributed by atoms with Crippen LogP contribution < -0.4 is 4.80 Å². The van der Waals surface area contributed by atoms with E-state index in [2.05, 4.69) is 28.7 Å². The molecule has 6 nitrogen and oxygen atoms in total.